The summed E-state index contributed by atoms with van der Waals surface area (Å²) in [5, 5.41) is 19.9. The first kappa shape index (κ1) is 20.1. The minimum atomic E-state index is -0.514. The van der Waals surface area contributed by atoms with E-state index < -0.39 is 6.10 Å². The topological polar surface area (TPSA) is 65.4 Å². The van der Waals surface area contributed by atoms with Crippen molar-refractivity contribution in [3.8, 4) is 5.75 Å². The van der Waals surface area contributed by atoms with Crippen molar-refractivity contribution in [3.05, 3.63) is 29.8 Å². The molecule has 0 bridgehead atoms. The molecule has 3 heterocycles. The van der Waals surface area contributed by atoms with Crippen molar-refractivity contribution in [1.82, 2.24) is 9.80 Å². The van der Waals surface area contributed by atoms with E-state index in [2.05, 4.69) is 21.9 Å². The van der Waals surface area contributed by atoms with E-state index in [4.69, 9.17) is 9.47 Å². The van der Waals surface area contributed by atoms with E-state index in [0.717, 1.165) is 70.8 Å². The molecule has 0 aliphatic carbocycles. The van der Waals surface area contributed by atoms with Crippen molar-refractivity contribution in [3.63, 3.8) is 0 Å². The first-order chi connectivity index (χ1) is 13.6. The third-order valence-corrected chi connectivity index (χ3v) is 6.51. The van der Waals surface area contributed by atoms with Gasteiger partial charge in [-0.15, -0.1) is 0 Å². The maximum atomic E-state index is 10.3. The van der Waals surface area contributed by atoms with Crippen LogP contribution in [0.1, 0.15) is 37.7 Å². The van der Waals surface area contributed by atoms with Crippen molar-refractivity contribution in [2.75, 3.05) is 45.9 Å². The number of likely N-dealkylation sites (tertiary alicyclic amines) is 2. The zero-order valence-electron chi connectivity index (χ0n) is 16.8. The van der Waals surface area contributed by atoms with Crippen LogP contribution in [0.25, 0.3) is 0 Å². The molecule has 4 rings (SSSR count). The maximum Gasteiger partial charge on any atom is 0.119 e. The van der Waals surface area contributed by atoms with Crippen LogP contribution in [0.3, 0.4) is 0 Å². The Kier molecular flexibility index (Phi) is 6.53. The average Bonchev–Trinajstić information content (AvgIpc) is 2.68. The molecular weight excluding hydrogens is 356 g/mol. The lowest BCUT2D eigenvalue weighted by atomic mass is 9.84. The highest BCUT2D eigenvalue weighted by Crippen LogP contribution is 2.37. The fraction of sp³-hybridized carbons (Fsp3) is 0.727. The predicted octanol–water partition coefficient (Wildman–Crippen LogP) is 1.64. The van der Waals surface area contributed by atoms with Crippen LogP contribution in [0.4, 0.5) is 0 Å². The van der Waals surface area contributed by atoms with Crippen LogP contribution in [0.2, 0.25) is 0 Å². The third-order valence-electron chi connectivity index (χ3n) is 6.51. The Bertz CT molecular complexity index is 619. The van der Waals surface area contributed by atoms with Gasteiger partial charge in [0.05, 0.1) is 18.3 Å². The maximum absolute atomic E-state index is 10.3. The molecular formula is C22H34N2O4. The molecule has 28 heavy (non-hydrogen) atoms. The van der Waals surface area contributed by atoms with E-state index in [-0.39, 0.29) is 11.7 Å². The van der Waals surface area contributed by atoms with E-state index in [1.54, 1.807) is 0 Å². The van der Waals surface area contributed by atoms with Gasteiger partial charge in [-0.2, -0.15) is 0 Å². The summed E-state index contributed by atoms with van der Waals surface area (Å²) in [6, 6.07) is 8.23. The highest BCUT2D eigenvalue weighted by atomic mass is 16.5. The number of hydrogen-bond acceptors (Lipinski definition) is 6. The molecule has 6 heteroatoms. The summed E-state index contributed by atoms with van der Waals surface area (Å²) < 4.78 is 11.7. The summed E-state index contributed by atoms with van der Waals surface area (Å²) in [6.45, 7) is 6.64. The van der Waals surface area contributed by atoms with Gasteiger partial charge < -0.3 is 24.6 Å². The molecule has 0 radical (unpaired) electrons. The zero-order valence-corrected chi connectivity index (χ0v) is 16.8. The van der Waals surface area contributed by atoms with Gasteiger partial charge in [-0.25, -0.2) is 0 Å². The molecule has 1 unspecified atom stereocenters. The Morgan fingerprint density at radius 3 is 2.54 bits per heavy atom. The summed E-state index contributed by atoms with van der Waals surface area (Å²) in [7, 11) is 0. The van der Waals surface area contributed by atoms with Crippen LogP contribution in [-0.2, 0) is 11.3 Å². The number of nitrogens with zero attached hydrogens (tertiary/aromatic N) is 2. The Morgan fingerprint density at radius 2 is 1.86 bits per heavy atom. The highest BCUT2D eigenvalue weighted by Gasteiger charge is 2.40. The van der Waals surface area contributed by atoms with Gasteiger partial charge in [0.15, 0.2) is 0 Å². The molecule has 3 fully saturated rings. The first-order valence-electron chi connectivity index (χ1n) is 10.8. The molecule has 3 aliphatic heterocycles. The number of aliphatic hydroxyl groups excluding tert-OH is 2. The molecule has 1 spiro atoms. The average molecular weight is 391 g/mol. The van der Waals surface area contributed by atoms with Crippen LogP contribution in [0.5, 0.6) is 5.75 Å². The zero-order chi connectivity index (χ0) is 19.4. The number of hydrogen-bond donors (Lipinski definition) is 2. The van der Waals surface area contributed by atoms with Crippen molar-refractivity contribution in [2.24, 2.45) is 0 Å². The van der Waals surface area contributed by atoms with Crippen LogP contribution in [-0.4, -0.2) is 83.8 Å². The molecule has 6 nitrogen and oxygen atoms in total. The Hall–Kier alpha value is -1.18. The Balaban J connectivity index is 1.20. The third kappa shape index (κ3) is 5.24. The molecule has 0 aromatic heterocycles. The number of β-amino-alcohol motifs (C(OH)–C–C–N with tert-alkyl or cyclic N) is 1. The molecule has 156 valence electrons. The molecule has 0 saturated carbocycles. The Labute approximate surface area is 168 Å². The molecule has 2 N–H and O–H groups in total. The summed E-state index contributed by atoms with van der Waals surface area (Å²) >= 11 is 0. The van der Waals surface area contributed by atoms with Gasteiger partial charge in [0.25, 0.3) is 0 Å². The second-order valence-corrected chi connectivity index (χ2v) is 8.70. The van der Waals surface area contributed by atoms with Crippen LogP contribution in [0, 0.1) is 0 Å². The standard InChI is InChI=1S/C22H34N2O4/c25-19-4-9-23(10-5-19)16-20(26)17-27-21-3-1-2-18(14-21)15-24-11-6-22(7-12-24)8-13-28-22/h1-3,14,19-20,25-26H,4-13,15-17H2. The van der Waals surface area contributed by atoms with Crippen molar-refractivity contribution in [2.45, 2.75) is 56.5 Å². The van der Waals surface area contributed by atoms with Crippen LogP contribution < -0.4 is 4.74 Å². The van der Waals surface area contributed by atoms with Crippen molar-refractivity contribution >= 4 is 0 Å². The summed E-state index contributed by atoms with van der Waals surface area (Å²) in [5.74, 6) is 0.821. The monoisotopic (exact) mass is 390 g/mol. The predicted molar refractivity (Wildman–Crippen MR) is 107 cm³/mol. The largest absolute Gasteiger partial charge is 0.491 e. The second kappa shape index (κ2) is 9.09. The molecule has 1 atom stereocenters. The van der Waals surface area contributed by atoms with E-state index in [1.165, 1.54) is 12.0 Å². The normalized spacial score (nSPS) is 24.8. The Morgan fingerprint density at radius 1 is 1.11 bits per heavy atom. The fourth-order valence-corrected chi connectivity index (χ4v) is 4.54. The number of piperidine rings is 2. The van der Waals surface area contributed by atoms with Gasteiger partial charge in [0.2, 0.25) is 0 Å². The smallest absolute Gasteiger partial charge is 0.119 e. The number of aliphatic hydroxyl groups is 2. The van der Waals surface area contributed by atoms with E-state index in [1.807, 2.05) is 12.1 Å². The molecule has 1 aromatic carbocycles. The van der Waals surface area contributed by atoms with Crippen LogP contribution >= 0.6 is 0 Å². The van der Waals surface area contributed by atoms with Gasteiger partial charge in [0, 0.05) is 39.3 Å². The van der Waals surface area contributed by atoms with E-state index in [0.29, 0.717) is 13.2 Å². The SMILES string of the molecule is OC1CCN(CC(O)COc2cccc(CN3CCC4(CCO4)CC3)c2)CC1. The minimum absolute atomic E-state index is 0.181. The molecule has 3 saturated heterocycles. The summed E-state index contributed by atoms with van der Waals surface area (Å²) in [6.07, 6.45) is 4.40. The number of rotatable bonds is 7. The van der Waals surface area contributed by atoms with Gasteiger partial charge in [-0.3, -0.25) is 4.90 Å². The van der Waals surface area contributed by atoms with Crippen LogP contribution in [0.15, 0.2) is 24.3 Å². The van der Waals surface area contributed by atoms with E-state index in [9.17, 15) is 10.2 Å². The lowest BCUT2D eigenvalue weighted by Crippen LogP contribution is -2.52. The van der Waals surface area contributed by atoms with E-state index >= 15 is 0 Å². The minimum Gasteiger partial charge on any atom is -0.491 e. The highest BCUT2D eigenvalue weighted by molar-refractivity contribution is 5.28. The molecule has 1 aromatic rings. The van der Waals surface area contributed by atoms with Crippen molar-refractivity contribution < 1.29 is 19.7 Å². The number of ether oxygens (including phenoxy) is 2. The molecule has 3 aliphatic rings. The van der Waals surface area contributed by atoms with Gasteiger partial charge >= 0.3 is 0 Å². The lowest BCUT2D eigenvalue weighted by molar-refractivity contribution is -0.173. The summed E-state index contributed by atoms with van der Waals surface area (Å²) in [5.41, 5.74) is 1.45. The lowest BCUT2D eigenvalue weighted by Gasteiger charge is -2.47. The number of benzene rings is 1. The summed E-state index contributed by atoms with van der Waals surface area (Å²) in [4.78, 5) is 4.69. The van der Waals surface area contributed by atoms with Gasteiger partial charge in [0.1, 0.15) is 18.5 Å². The quantitative estimate of drug-likeness (QED) is 0.738. The first-order valence-corrected chi connectivity index (χ1v) is 10.8. The van der Waals surface area contributed by atoms with Crippen molar-refractivity contribution in [1.29, 1.82) is 0 Å². The molecule has 0 amide bonds. The van der Waals surface area contributed by atoms with Gasteiger partial charge in [-0.1, -0.05) is 12.1 Å². The second-order valence-electron chi connectivity index (χ2n) is 8.70. The fourth-order valence-electron chi connectivity index (χ4n) is 4.54. The van der Waals surface area contributed by atoms with Gasteiger partial charge in [-0.05, 0) is 49.8 Å².